The zero-order valence-electron chi connectivity index (χ0n) is 12.2. The van der Waals surface area contributed by atoms with E-state index in [4.69, 9.17) is 0 Å². The van der Waals surface area contributed by atoms with Crippen LogP contribution in [0.25, 0.3) is 22.8 Å². The molecule has 0 unspecified atom stereocenters. The van der Waals surface area contributed by atoms with E-state index in [9.17, 15) is 10.2 Å². The van der Waals surface area contributed by atoms with E-state index < -0.39 is 0 Å². The molecule has 22 heavy (non-hydrogen) atoms. The molecule has 0 radical (unpaired) electrons. The molecule has 0 bridgehead atoms. The highest BCUT2D eigenvalue weighted by Gasteiger charge is 2.22. The number of benzene rings is 1. The highest BCUT2D eigenvalue weighted by Crippen LogP contribution is 2.27. The SMILES string of the molecule is OCc1c(-c2ccccc2)c2c(n1CO)=C1CC=CC=C1C=2. The number of allylic oxidation sites excluding steroid dienone is 4. The average Bonchev–Trinajstić information content (AvgIpc) is 3.08. The molecule has 3 heteroatoms. The number of hydrogen-bond donors (Lipinski definition) is 2. The fourth-order valence-corrected chi connectivity index (χ4v) is 3.50. The minimum Gasteiger partial charge on any atom is -0.390 e. The minimum atomic E-state index is -0.126. The van der Waals surface area contributed by atoms with Gasteiger partial charge >= 0.3 is 0 Å². The molecule has 1 aromatic heterocycles. The summed E-state index contributed by atoms with van der Waals surface area (Å²) in [5.41, 5.74) is 5.30. The van der Waals surface area contributed by atoms with Gasteiger partial charge in [-0.1, -0.05) is 48.6 Å². The summed E-state index contributed by atoms with van der Waals surface area (Å²) >= 11 is 0. The maximum atomic E-state index is 9.86. The van der Waals surface area contributed by atoms with Crippen LogP contribution in [-0.2, 0) is 13.3 Å². The first kappa shape index (κ1) is 13.3. The molecule has 2 aliphatic rings. The molecule has 4 rings (SSSR count). The van der Waals surface area contributed by atoms with E-state index >= 15 is 0 Å². The van der Waals surface area contributed by atoms with Crippen molar-refractivity contribution in [2.75, 3.05) is 0 Å². The second kappa shape index (κ2) is 5.13. The number of nitrogens with zero attached hydrogens (tertiary/aromatic N) is 1. The third kappa shape index (κ3) is 1.76. The van der Waals surface area contributed by atoms with Crippen LogP contribution in [0.4, 0.5) is 0 Å². The van der Waals surface area contributed by atoms with Gasteiger partial charge in [0.1, 0.15) is 6.73 Å². The Hall–Kier alpha value is -2.36. The van der Waals surface area contributed by atoms with Gasteiger partial charge in [-0.15, -0.1) is 0 Å². The molecule has 0 saturated carbocycles. The largest absolute Gasteiger partial charge is 0.390 e. The van der Waals surface area contributed by atoms with Gasteiger partial charge in [0, 0.05) is 10.8 Å². The van der Waals surface area contributed by atoms with Crippen molar-refractivity contribution in [1.29, 1.82) is 0 Å². The monoisotopic (exact) mass is 291 g/mol. The average molecular weight is 291 g/mol. The zero-order valence-corrected chi connectivity index (χ0v) is 12.2. The normalized spacial score (nSPS) is 15.4. The molecule has 1 heterocycles. The van der Waals surface area contributed by atoms with E-state index in [0.717, 1.165) is 33.8 Å². The topological polar surface area (TPSA) is 45.4 Å². The Balaban J connectivity index is 2.14. The van der Waals surface area contributed by atoms with Gasteiger partial charge < -0.3 is 14.8 Å². The van der Waals surface area contributed by atoms with Crippen LogP contribution in [0.2, 0.25) is 0 Å². The number of aliphatic hydroxyl groups excluding tert-OH is 2. The zero-order chi connectivity index (χ0) is 15.1. The molecular weight excluding hydrogens is 274 g/mol. The lowest BCUT2D eigenvalue weighted by Crippen LogP contribution is -2.29. The Morgan fingerprint density at radius 1 is 1.09 bits per heavy atom. The number of aromatic nitrogens is 1. The van der Waals surface area contributed by atoms with Gasteiger partial charge in [0.25, 0.3) is 0 Å². The van der Waals surface area contributed by atoms with Crippen molar-refractivity contribution in [1.82, 2.24) is 4.57 Å². The number of hydrogen-bond acceptors (Lipinski definition) is 2. The van der Waals surface area contributed by atoms with Crippen molar-refractivity contribution in [3.63, 3.8) is 0 Å². The Kier molecular flexibility index (Phi) is 3.10. The number of rotatable bonds is 3. The summed E-state index contributed by atoms with van der Waals surface area (Å²) in [6.07, 6.45) is 9.32. The highest BCUT2D eigenvalue weighted by molar-refractivity contribution is 5.87. The lowest BCUT2D eigenvalue weighted by Gasteiger charge is -2.11. The quantitative estimate of drug-likeness (QED) is 0.898. The number of fused-ring (bicyclic) bond motifs is 2. The van der Waals surface area contributed by atoms with Crippen LogP contribution in [0.1, 0.15) is 12.1 Å². The molecular formula is C19H17NO2. The van der Waals surface area contributed by atoms with Gasteiger partial charge in [-0.3, -0.25) is 0 Å². The first-order valence-electron chi connectivity index (χ1n) is 7.45. The van der Waals surface area contributed by atoms with Gasteiger partial charge in [0.15, 0.2) is 0 Å². The maximum Gasteiger partial charge on any atom is 0.120 e. The molecule has 0 amide bonds. The first-order chi connectivity index (χ1) is 10.8. The second-order valence-electron chi connectivity index (χ2n) is 5.55. The summed E-state index contributed by atoms with van der Waals surface area (Å²) in [4.78, 5) is 0. The third-order valence-electron chi connectivity index (χ3n) is 4.43. The van der Waals surface area contributed by atoms with Gasteiger partial charge in [0.2, 0.25) is 0 Å². The van der Waals surface area contributed by atoms with Gasteiger partial charge in [-0.05, 0) is 29.2 Å². The molecule has 110 valence electrons. The van der Waals surface area contributed by atoms with E-state index in [2.05, 4.69) is 24.3 Å². The summed E-state index contributed by atoms with van der Waals surface area (Å²) in [5.74, 6) is 0. The lowest BCUT2D eigenvalue weighted by atomic mass is 10.0. The highest BCUT2D eigenvalue weighted by atomic mass is 16.3. The van der Waals surface area contributed by atoms with Crippen molar-refractivity contribution in [2.24, 2.45) is 0 Å². The van der Waals surface area contributed by atoms with Gasteiger partial charge in [0.05, 0.1) is 17.6 Å². The van der Waals surface area contributed by atoms with Crippen molar-refractivity contribution < 1.29 is 10.2 Å². The standard InChI is InChI=1S/C19H17NO2/c21-11-17-18(13-6-2-1-3-7-13)16-10-14-8-4-5-9-15(14)19(16)20(17)12-22/h1-8,10,21-22H,9,11-12H2. The van der Waals surface area contributed by atoms with Gasteiger partial charge in [-0.2, -0.15) is 0 Å². The fraction of sp³-hybridized carbons (Fsp3) is 0.158. The molecule has 0 fully saturated rings. The van der Waals surface area contributed by atoms with Gasteiger partial charge in [-0.25, -0.2) is 0 Å². The molecule has 0 atom stereocenters. The molecule has 3 nitrogen and oxygen atoms in total. The fourth-order valence-electron chi connectivity index (χ4n) is 3.50. The summed E-state index contributed by atoms with van der Waals surface area (Å²) < 4.78 is 1.84. The molecule has 1 aromatic carbocycles. The molecule has 2 aliphatic carbocycles. The summed E-state index contributed by atoms with van der Waals surface area (Å²) in [5, 5.41) is 21.9. The predicted molar refractivity (Wildman–Crippen MR) is 87.0 cm³/mol. The maximum absolute atomic E-state index is 9.86. The summed E-state index contributed by atoms with van der Waals surface area (Å²) in [7, 11) is 0. The molecule has 2 aromatic rings. The van der Waals surface area contributed by atoms with Crippen molar-refractivity contribution in [3.8, 4) is 11.1 Å². The van der Waals surface area contributed by atoms with Crippen molar-refractivity contribution in [2.45, 2.75) is 19.8 Å². The van der Waals surface area contributed by atoms with E-state index in [1.165, 1.54) is 11.1 Å². The Morgan fingerprint density at radius 3 is 2.64 bits per heavy atom. The van der Waals surface area contributed by atoms with Crippen LogP contribution in [0.15, 0.2) is 54.1 Å². The van der Waals surface area contributed by atoms with Crippen LogP contribution >= 0.6 is 0 Å². The van der Waals surface area contributed by atoms with Crippen LogP contribution in [0, 0.1) is 0 Å². The Bertz CT molecular complexity index is 915. The first-order valence-corrected chi connectivity index (χ1v) is 7.45. The second-order valence-corrected chi connectivity index (χ2v) is 5.55. The summed E-state index contributed by atoms with van der Waals surface area (Å²) in [6, 6.07) is 10.1. The molecule has 2 N–H and O–H groups in total. The predicted octanol–water partition coefficient (Wildman–Crippen LogP) is 1.43. The third-order valence-corrected chi connectivity index (χ3v) is 4.43. The van der Waals surface area contributed by atoms with E-state index in [0.29, 0.717) is 0 Å². The van der Waals surface area contributed by atoms with Crippen LogP contribution in [0.5, 0.6) is 0 Å². The van der Waals surface area contributed by atoms with E-state index in [1.807, 2.05) is 34.9 Å². The number of aliphatic hydroxyl groups is 2. The van der Waals surface area contributed by atoms with Crippen molar-refractivity contribution >= 4 is 11.6 Å². The Morgan fingerprint density at radius 2 is 1.91 bits per heavy atom. The van der Waals surface area contributed by atoms with Crippen LogP contribution in [0.3, 0.4) is 0 Å². The van der Waals surface area contributed by atoms with Crippen LogP contribution in [-0.4, -0.2) is 14.8 Å². The lowest BCUT2D eigenvalue weighted by molar-refractivity contribution is 0.190. The summed E-state index contributed by atoms with van der Waals surface area (Å²) in [6.45, 7) is -0.215. The molecule has 0 spiro atoms. The smallest absolute Gasteiger partial charge is 0.120 e. The Labute approximate surface area is 128 Å². The van der Waals surface area contributed by atoms with E-state index in [-0.39, 0.29) is 13.3 Å². The van der Waals surface area contributed by atoms with Crippen molar-refractivity contribution in [3.05, 3.63) is 70.4 Å². The van der Waals surface area contributed by atoms with Crippen LogP contribution < -0.4 is 10.6 Å². The molecule has 0 saturated heterocycles. The van der Waals surface area contributed by atoms with E-state index in [1.54, 1.807) is 0 Å². The molecule has 0 aliphatic heterocycles. The minimum absolute atomic E-state index is 0.0895.